The van der Waals surface area contributed by atoms with Gasteiger partial charge in [0.1, 0.15) is 0 Å². The predicted molar refractivity (Wildman–Crippen MR) is 86.8 cm³/mol. The third kappa shape index (κ3) is 50.9. The summed E-state index contributed by atoms with van der Waals surface area (Å²) in [5, 5.41) is 0. The molecule has 0 unspecified atom stereocenters. The van der Waals surface area contributed by atoms with Gasteiger partial charge < -0.3 is 30.4 Å². The zero-order chi connectivity index (χ0) is 20.0. The van der Waals surface area contributed by atoms with Crippen LogP contribution in [0, 0.1) is 0 Å². The molecule has 4 N–H and O–H groups in total. The molecule has 0 aliphatic rings. The van der Waals surface area contributed by atoms with Crippen molar-refractivity contribution in [3.63, 3.8) is 0 Å². The molecule has 0 aromatic rings. The lowest BCUT2D eigenvalue weighted by Crippen LogP contribution is -2.11. The highest BCUT2D eigenvalue weighted by Crippen LogP contribution is 1.68. The van der Waals surface area contributed by atoms with Gasteiger partial charge in [-0.15, -0.1) is 0 Å². The molecule has 0 atom stereocenters. The number of carbonyl (C=O) groups excluding carboxylic acids is 4. The van der Waals surface area contributed by atoms with Crippen LogP contribution in [0.3, 0.4) is 0 Å². The Balaban J connectivity index is -0.000000111. The van der Waals surface area contributed by atoms with E-state index in [1.54, 1.807) is 13.8 Å². The van der Waals surface area contributed by atoms with E-state index in [-0.39, 0.29) is 0 Å². The number of methoxy groups -OCH3 is 2. The van der Waals surface area contributed by atoms with Crippen LogP contribution >= 0.6 is 0 Å². The van der Waals surface area contributed by atoms with Crippen molar-refractivity contribution in [3.05, 3.63) is 25.3 Å². The van der Waals surface area contributed by atoms with Gasteiger partial charge in [0.25, 0.3) is 0 Å². The number of ether oxygens (including phenoxy) is 4. The molecule has 0 radical (unpaired) electrons. The number of hydrogen-bond donors (Lipinski definition) is 2. The van der Waals surface area contributed by atoms with E-state index in [0.717, 1.165) is 12.2 Å². The number of rotatable bonds is 4. The number of hydrogen-bond acceptors (Lipinski definition) is 8. The van der Waals surface area contributed by atoms with Crippen molar-refractivity contribution in [1.29, 1.82) is 0 Å². The first-order valence-electron chi connectivity index (χ1n) is 6.41. The lowest BCUT2D eigenvalue weighted by Gasteiger charge is -1.89. The normalized spacial score (nSPS) is 7.17. The second-order valence-electron chi connectivity index (χ2n) is 2.96. The van der Waals surface area contributed by atoms with Gasteiger partial charge in [0.05, 0.1) is 27.4 Å². The summed E-state index contributed by atoms with van der Waals surface area (Å²) in [5.74, 6) is -0.787. The van der Waals surface area contributed by atoms with Crippen LogP contribution in [0.4, 0.5) is 9.59 Å². The maximum atomic E-state index is 9.84. The maximum absolute atomic E-state index is 9.84. The molecule has 140 valence electrons. The SMILES string of the molecule is C=CC(=O)OC.C=CC(=O)OC.CCOC(N)=O.CCOC(N)=O. The van der Waals surface area contributed by atoms with Gasteiger partial charge in [0, 0.05) is 12.2 Å². The lowest BCUT2D eigenvalue weighted by atomic mass is 10.7. The number of primary amides is 2. The van der Waals surface area contributed by atoms with Crippen molar-refractivity contribution >= 4 is 24.1 Å². The van der Waals surface area contributed by atoms with Crippen molar-refractivity contribution in [2.45, 2.75) is 13.8 Å². The van der Waals surface area contributed by atoms with E-state index in [4.69, 9.17) is 0 Å². The van der Waals surface area contributed by atoms with Crippen molar-refractivity contribution in [1.82, 2.24) is 0 Å². The fourth-order valence-electron chi connectivity index (χ4n) is 0.451. The van der Waals surface area contributed by atoms with E-state index >= 15 is 0 Å². The molecule has 0 heterocycles. The molecular weight excluding hydrogens is 324 g/mol. The van der Waals surface area contributed by atoms with Gasteiger partial charge in [-0.05, 0) is 13.8 Å². The van der Waals surface area contributed by atoms with E-state index in [1.165, 1.54) is 14.2 Å². The Kier molecular flexibility index (Phi) is 30.2. The Bertz CT molecular complexity index is 347. The van der Waals surface area contributed by atoms with Crippen LogP contribution in [0.5, 0.6) is 0 Å². The molecule has 0 bridgehead atoms. The average Bonchev–Trinajstić information content (AvgIpc) is 2.54. The van der Waals surface area contributed by atoms with E-state index in [1.807, 2.05) is 0 Å². The summed E-state index contributed by atoms with van der Waals surface area (Å²) < 4.78 is 16.6. The predicted octanol–water partition coefficient (Wildman–Crippen LogP) is 0.894. The monoisotopic (exact) mass is 350 g/mol. The summed E-state index contributed by atoms with van der Waals surface area (Å²) in [5.41, 5.74) is 9.08. The molecule has 0 spiro atoms. The third-order valence-corrected chi connectivity index (χ3v) is 1.31. The Hall–Kier alpha value is -3.04. The number of nitrogens with two attached hydrogens (primary N) is 2. The Morgan fingerprint density at radius 2 is 1.04 bits per heavy atom. The van der Waals surface area contributed by atoms with Crippen LogP contribution in [-0.2, 0) is 28.5 Å². The second-order valence-corrected chi connectivity index (χ2v) is 2.96. The second kappa shape index (κ2) is 24.9. The van der Waals surface area contributed by atoms with Crippen LogP contribution in [-0.4, -0.2) is 51.6 Å². The van der Waals surface area contributed by atoms with Crippen LogP contribution in [0.2, 0.25) is 0 Å². The van der Waals surface area contributed by atoms with Gasteiger partial charge >= 0.3 is 24.1 Å². The van der Waals surface area contributed by atoms with E-state index in [9.17, 15) is 19.2 Å². The molecule has 0 aliphatic heterocycles. The highest BCUT2D eigenvalue weighted by atomic mass is 16.5. The van der Waals surface area contributed by atoms with Gasteiger partial charge in [0.2, 0.25) is 0 Å². The molecule has 0 saturated heterocycles. The minimum Gasteiger partial charge on any atom is -0.466 e. The molecule has 24 heavy (non-hydrogen) atoms. The maximum Gasteiger partial charge on any atom is 0.404 e. The largest absolute Gasteiger partial charge is 0.466 e. The molecule has 2 amide bonds. The molecule has 0 rings (SSSR count). The minimum absolute atomic E-state index is 0.356. The lowest BCUT2D eigenvalue weighted by molar-refractivity contribution is -0.135. The molecule has 0 aromatic heterocycles. The average molecular weight is 350 g/mol. The fourth-order valence-corrected chi connectivity index (χ4v) is 0.451. The fraction of sp³-hybridized carbons (Fsp3) is 0.429. The standard InChI is InChI=1S/2C4H6O2.2C3H7NO2/c2*1-3-4(5)6-2;2*1-2-6-3(4)5/h2*3H,1H2,2H3;2*2H2,1H3,(H2,4,5). The van der Waals surface area contributed by atoms with Crippen molar-refractivity contribution in [2.75, 3.05) is 27.4 Å². The van der Waals surface area contributed by atoms with E-state index < -0.39 is 24.1 Å². The highest BCUT2D eigenvalue weighted by Gasteiger charge is 1.83. The summed E-state index contributed by atoms with van der Waals surface area (Å²) in [7, 11) is 2.62. The van der Waals surface area contributed by atoms with Crippen molar-refractivity contribution in [3.8, 4) is 0 Å². The first-order chi connectivity index (χ1) is 11.2. The van der Waals surface area contributed by atoms with E-state index in [0.29, 0.717) is 13.2 Å². The summed E-state index contributed by atoms with van der Waals surface area (Å²) in [4.78, 5) is 38.9. The van der Waals surface area contributed by atoms with Gasteiger partial charge in [-0.25, -0.2) is 19.2 Å². The molecular formula is C14H26N2O8. The zero-order valence-corrected chi connectivity index (χ0v) is 14.4. The molecule has 10 nitrogen and oxygen atoms in total. The third-order valence-electron chi connectivity index (χ3n) is 1.31. The summed E-state index contributed by atoms with van der Waals surface area (Å²) in [6, 6.07) is 0. The van der Waals surface area contributed by atoms with Gasteiger partial charge in [-0.1, -0.05) is 13.2 Å². The Morgan fingerprint density at radius 3 is 1.04 bits per heavy atom. The minimum atomic E-state index is -0.711. The Labute approximate surface area is 141 Å². The summed E-state index contributed by atoms with van der Waals surface area (Å²) in [6.07, 6.45) is 0.801. The highest BCUT2D eigenvalue weighted by molar-refractivity contribution is 5.81. The molecule has 0 aromatic carbocycles. The van der Waals surface area contributed by atoms with Crippen molar-refractivity contribution in [2.24, 2.45) is 11.5 Å². The smallest absolute Gasteiger partial charge is 0.404 e. The van der Waals surface area contributed by atoms with Crippen LogP contribution < -0.4 is 11.5 Å². The number of amides is 2. The molecule has 0 aliphatic carbocycles. The van der Waals surface area contributed by atoms with Gasteiger partial charge in [-0.2, -0.15) is 0 Å². The first-order valence-corrected chi connectivity index (χ1v) is 6.41. The topological polar surface area (TPSA) is 157 Å². The Morgan fingerprint density at radius 1 is 0.792 bits per heavy atom. The summed E-state index contributed by atoms with van der Waals surface area (Å²) in [6.45, 7) is 10.4. The quantitative estimate of drug-likeness (QED) is 0.430. The van der Waals surface area contributed by atoms with E-state index in [2.05, 4.69) is 43.6 Å². The summed E-state index contributed by atoms with van der Waals surface area (Å²) >= 11 is 0. The van der Waals surface area contributed by atoms with Gasteiger partial charge in [0.15, 0.2) is 0 Å². The first kappa shape index (κ1) is 29.0. The number of carbonyl (C=O) groups is 4. The zero-order valence-electron chi connectivity index (χ0n) is 14.4. The molecule has 10 heteroatoms. The van der Waals surface area contributed by atoms with Crippen LogP contribution in [0.25, 0.3) is 0 Å². The van der Waals surface area contributed by atoms with Crippen molar-refractivity contribution < 1.29 is 38.1 Å². The molecule has 0 saturated carbocycles. The number of esters is 2. The molecule has 0 fully saturated rings. The van der Waals surface area contributed by atoms with Gasteiger partial charge in [-0.3, -0.25) is 0 Å². The van der Waals surface area contributed by atoms with Crippen LogP contribution in [0.1, 0.15) is 13.8 Å². The van der Waals surface area contributed by atoms with Crippen LogP contribution in [0.15, 0.2) is 25.3 Å².